The first-order valence-electron chi connectivity index (χ1n) is 11.1. The van der Waals surface area contributed by atoms with Gasteiger partial charge in [0, 0.05) is 64.1 Å². The van der Waals surface area contributed by atoms with E-state index in [1.54, 1.807) is 0 Å². The highest BCUT2D eigenvalue weighted by molar-refractivity contribution is 5.80. The molecule has 29 heavy (non-hydrogen) atoms. The number of rotatable bonds is 7. The van der Waals surface area contributed by atoms with Crippen molar-refractivity contribution in [3.63, 3.8) is 0 Å². The second-order valence-corrected chi connectivity index (χ2v) is 8.27. The predicted molar refractivity (Wildman–Crippen MR) is 118 cm³/mol. The average Bonchev–Trinajstić information content (AvgIpc) is 3.50. The fourth-order valence-corrected chi connectivity index (χ4v) is 4.68. The van der Waals surface area contributed by atoms with Crippen LogP contribution < -0.4 is 10.6 Å². The van der Waals surface area contributed by atoms with Gasteiger partial charge in [-0.05, 0) is 24.8 Å². The van der Waals surface area contributed by atoms with Crippen molar-refractivity contribution in [2.75, 3.05) is 26.7 Å². The first kappa shape index (κ1) is 20.0. The largest absolute Gasteiger partial charge is 0.356 e. The number of hydrogen-bond acceptors (Lipinski definition) is 3. The van der Waals surface area contributed by atoms with Crippen molar-refractivity contribution >= 4 is 5.96 Å². The Labute approximate surface area is 174 Å². The highest BCUT2D eigenvalue weighted by Gasteiger charge is 2.30. The van der Waals surface area contributed by atoms with Gasteiger partial charge in [0.2, 0.25) is 0 Å². The standard InChI is InChI=1S/C23H34N6/c1-24-23(27-20-12-15-28(18-20)21-9-5-6-10-21)26-13-11-22-25-14-16-29(22)17-19-7-3-2-4-8-19/h2-4,7-8,14,16,20-21H,5-6,9-13,15,17-18H2,1H3,(H2,24,26,27). The number of aliphatic imine (C=N–C) groups is 1. The lowest BCUT2D eigenvalue weighted by molar-refractivity contribution is 0.242. The van der Waals surface area contributed by atoms with Crippen LogP contribution in [0.3, 0.4) is 0 Å². The predicted octanol–water partition coefficient (Wildman–Crippen LogP) is 2.66. The van der Waals surface area contributed by atoms with Crippen LogP contribution in [0.25, 0.3) is 0 Å². The van der Waals surface area contributed by atoms with Gasteiger partial charge in [0.1, 0.15) is 5.82 Å². The first-order chi connectivity index (χ1) is 14.3. The van der Waals surface area contributed by atoms with E-state index in [-0.39, 0.29) is 0 Å². The molecule has 1 saturated carbocycles. The number of likely N-dealkylation sites (tertiary alicyclic amines) is 1. The molecule has 2 aromatic rings. The summed E-state index contributed by atoms with van der Waals surface area (Å²) in [6.45, 7) is 4.05. The molecular weight excluding hydrogens is 360 g/mol. The Morgan fingerprint density at radius 2 is 2.00 bits per heavy atom. The van der Waals surface area contributed by atoms with E-state index in [0.717, 1.165) is 43.9 Å². The molecule has 2 heterocycles. The molecule has 1 aliphatic heterocycles. The SMILES string of the molecule is CN=C(NCCc1nccn1Cc1ccccc1)NC1CCN(C2CCCC2)C1. The second-order valence-electron chi connectivity index (χ2n) is 8.27. The smallest absolute Gasteiger partial charge is 0.191 e. The van der Waals surface area contributed by atoms with Crippen LogP contribution in [-0.4, -0.2) is 59.2 Å². The van der Waals surface area contributed by atoms with Crippen LogP contribution in [-0.2, 0) is 13.0 Å². The quantitative estimate of drug-likeness (QED) is 0.560. The summed E-state index contributed by atoms with van der Waals surface area (Å²) in [6, 6.07) is 11.9. The van der Waals surface area contributed by atoms with Gasteiger partial charge in [0.25, 0.3) is 0 Å². The highest BCUT2D eigenvalue weighted by Crippen LogP contribution is 2.26. The summed E-state index contributed by atoms with van der Waals surface area (Å²) in [5, 5.41) is 7.10. The third-order valence-corrected chi connectivity index (χ3v) is 6.26. The van der Waals surface area contributed by atoms with Gasteiger partial charge in [-0.3, -0.25) is 9.89 Å². The Bertz CT molecular complexity index is 778. The summed E-state index contributed by atoms with van der Waals surface area (Å²) in [5.41, 5.74) is 1.30. The number of nitrogens with one attached hydrogen (secondary N) is 2. The van der Waals surface area contributed by atoms with Crippen molar-refractivity contribution < 1.29 is 0 Å². The van der Waals surface area contributed by atoms with Crippen LogP contribution in [0.2, 0.25) is 0 Å². The fourth-order valence-electron chi connectivity index (χ4n) is 4.68. The molecule has 1 aromatic carbocycles. The van der Waals surface area contributed by atoms with E-state index in [9.17, 15) is 0 Å². The van der Waals surface area contributed by atoms with Crippen LogP contribution in [0.1, 0.15) is 43.5 Å². The van der Waals surface area contributed by atoms with E-state index >= 15 is 0 Å². The molecule has 6 nitrogen and oxygen atoms in total. The van der Waals surface area contributed by atoms with Gasteiger partial charge in [-0.1, -0.05) is 43.2 Å². The summed E-state index contributed by atoms with van der Waals surface area (Å²) < 4.78 is 2.23. The number of imidazole rings is 1. The molecule has 0 bridgehead atoms. The Kier molecular flexibility index (Phi) is 6.83. The van der Waals surface area contributed by atoms with E-state index in [1.807, 2.05) is 13.2 Å². The monoisotopic (exact) mass is 394 g/mol. The Morgan fingerprint density at radius 1 is 1.17 bits per heavy atom. The molecule has 2 fully saturated rings. The van der Waals surface area contributed by atoms with Crippen LogP contribution in [0.15, 0.2) is 47.7 Å². The average molecular weight is 395 g/mol. The maximum atomic E-state index is 4.55. The van der Waals surface area contributed by atoms with Crippen LogP contribution in [0, 0.1) is 0 Å². The van der Waals surface area contributed by atoms with E-state index in [1.165, 1.54) is 44.2 Å². The molecule has 156 valence electrons. The third kappa shape index (κ3) is 5.38. The minimum atomic E-state index is 0.502. The number of guanidine groups is 1. The maximum Gasteiger partial charge on any atom is 0.191 e. The van der Waals surface area contributed by atoms with Crippen molar-refractivity contribution in [3.05, 3.63) is 54.1 Å². The van der Waals surface area contributed by atoms with Gasteiger partial charge in [-0.25, -0.2) is 4.98 Å². The zero-order chi connectivity index (χ0) is 19.9. The molecule has 0 spiro atoms. The molecule has 0 radical (unpaired) electrons. The van der Waals surface area contributed by atoms with Crippen molar-refractivity contribution in [1.82, 2.24) is 25.1 Å². The van der Waals surface area contributed by atoms with Crippen molar-refractivity contribution in [2.45, 2.75) is 57.2 Å². The van der Waals surface area contributed by atoms with E-state index in [4.69, 9.17) is 0 Å². The molecule has 1 aliphatic carbocycles. The van der Waals surface area contributed by atoms with E-state index in [2.05, 4.69) is 66.6 Å². The van der Waals surface area contributed by atoms with Gasteiger partial charge in [-0.2, -0.15) is 0 Å². The lowest BCUT2D eigenvalue weighted by atomic mass is 10.2. The summed E-state index contributed by atoms with van der Waals surface area (Å²) in [7, 11) is 1.86. The lowest BCUT2D eigenvalue weighted by Crippen LogP contribution is -2.45. The third-order valence-electron chi connectivity index (χ3n) is 6.26. The molecule has 1 atom stereocenters. The normalized spacial score (nSPS) is 21.0. The first-order valence-corrected chi connectivity index (χ1v) is 11.1. The summed E-state index contributed by atoms with van der Waals surface area (Å²) in [6.07, 6.45) is 11.6. The zero-order valence-corrected chi connectivity index (χ0v) is 17.6. The molecule has 2 aliphatic rings. The van der Waals surface area contributed by atoms with E-state index < -0.39 is 0 Å². The minimum absolute atomic E-state index is 0.502. The maximum absolute atomic E-state index is 4.55. The zero-order valence-electron chi connectivity index (χ0n) is 17.6. The number of nitrogens with zero attached hydrogens (tertiary/aromatic N) is 4. The molecule has 1 unspecified atom stereocenters. The Balaban J connectivity index is 1.22. The Hall–Kier alpha value is -2.34. The van der Waals surface area contributed by atoms with Gasteiger partial charge in [0.15, 0.2) is 5.96 Å². The number of aromatic nitrogens is 2. The molecular formula is C23H34N6. The van der Waals surface area contributed by atoms with Crippen LogP contribution in [0.4, 0.5) is 0 Å². The lowest BCUT2D eigenvalue weighted by Gasteiger charge is -2.24. The van der Waals surface area contributed by atoms with E-state index in [0.29, 0.717) is 6.04 Å². The summed E-state index contributed by atoms with van der Waals surface area (Å²) in [5.74, 6) is 2.01. The van der Waals surface area contributed by atoms with Crippen molar-refractivity contribution in [1.29, 1.82) is 0 Å². The van der Waals surface area contributed by atoms with Crippen molar-refractivity contribution in [2.24, 2.45) is 4.99 Å². The molecule has 1 aromatic heterocycles. The molecule has 0 amide bonds. The van der Waals surface area contributed by atoms with Crippen LogP contribution in [0.5, 0.6) is 0 Å². The highest BCUT2D eigenvalue weighted by atomic mass is 15.3. The summed E-state index contributed by atoms with van der Waals surface area (Å²) in [4.78, 5) is 11.7. The molecule has 4 rings (SSSR count). The van der Waals surface area contributed by atoms with Gasteiger partial charge < -0.3 is 15.2 Å². The van der Waals surface area contributed by atoms with Gasteiger partial charge in [-0.15, -0.1) is 0 Å². The number of benzene rings is 1. The number of hydrogen-bond donors (Lipinski definition) is 2. The summed E-state index contributed by atoms with van der Waals surface area (Å²) >= 11 is 0. The van der Waals surface area contributed by atoms with Crippen LogP contribution >= 0.6 is 0 Å². The van der Waals surface area contributed by atoms with Crippen molar-refractivity contribution in [3.8, 4) is 0 Å². The van der Waals surface area contributed by atoms with Gasteiger partial charge in [0.05, 0.1) is 0 Å². The molecule has 1 saturated heterocycles. The molecule has 2 N–H and O–H groups in total. The minimum Gasteiger partial charge on any atom is -0.356 e. The molecule has 6 heteroatoms. The second kappa shape index (κ2) is 9.92. The fraction of sp³-hybridized carbons (Fsp3) is 0.565. The van der Waals surface area contributed by atoms with Gasteiger partial charge >= 0.3 is 0 Å². The topological polar surface area (TPSA) is 57.5 Å². The Morgan fingerprint density at radius 3 is 2.79 bits per heavy atom.